The highest BCUT2D eigenvalue weighted by Crippen LogP contribution is 2.50. The molecule has 25 heteroatoms. The molecule has 12 aromatic carbocycles. The fourth-order valence-corrected chi connectivity index (χ4v) is 20.0. The SMILES string of the molecule is CCN1C(=O)/C(=C\c2ccc(C)cc2)OC1=S.CCN1C(=O)/C(=C\c2ccc(N(c3ccccc3)c3ccccc3)cc2)OC1=S.CCN1C(=O)/C(=C\c2ccc(OC)cc2OC)OC1=S.CCn1c2ccccc2c2cc(/C=C3/Cc4ccccc4C3=O)ccc21.CCn1c2ccccc2c2cc(/C=C3/OC(=S)N(C)C3=O)ccc21.CN1/C(=C/C(=O)/C=C2/N(C)c3ccccc3C2(C)C)C(C)(C)c2ccccc21. The molecule has 0 N–H and O–H groups in total. The third-order valence-corrected chi connectivity index (χ3v) is 27.6. The second-order valence-electron chi connectivity index (χ2n) is 35.9. The van der Waals surface area contributed by atoms with Crippen LogP contribution in [0, 0.1) is 6.92 Å². The van der Waals surface area contributed by atoms with Gasteiger partial charge in [-0.25, -0.2) is 0 Å². The van der Waals surface area contributed by atoms with Gasteiger partial charge >= 0.3 is 0 Å². The van der Waals surface area contributed by atoms with E-state index in [1.165, 1.54) is 91.3 Å². The summed E-state index contributed by atoms with van der Waals surface area (Å²) in [4.78, 5) is 86.2. The lowest BCUT2D eigenvalue weighted by Gasteiger charge is -2.25. The molecule has 21 nitrogen and oxygen atoms in total. The van der Waals surface area contributed by atoms with Crippen LogP contribution in [0.2, 0.25) is 0 Å². The van der Waals surface area contributed by atoms with Crippen molar-refractivity contribution >= 4 is 207 Å². The summed E-state index contributed by atoms with van der Waals surface area (Å²) in [6.07, 6.45) is 13.2. The molecule has 21 rings (SSSR count). The smallest absolute Gasteiger partial charge is 0.297 e. The number of aromatic nitrogens is 2. The molecule has 4 fully saturated rings. The van der Waals surface area contributed by atoms with E-state index >= 15 is 0 Å². The van der Waals surface area contributed by atoms with Crippen molar-refractivity contribution in [2.75, 3.05) is 69.7 Å². The largest absolute Gasteiger partial charge is 0.497 e. The van der Waals surface area contributed by atoms with Crippen molar-refractivity contribution in [2.24, 2.45) is 0 Å². The van der Waals surface area contributed by atoms with E-state index in [2.05, 4.69) is 205 Å². The normalized spacial score (nSPS) is 17.2. The number of ether oxygens (including phenoxy) is 6. The lowest BCUT2D eigenvalue weighted by atomic mass is 9.82. The zero-order valence-electron chi connectivity index (χ0n) is 83.0. The van der Waals surface area contributed by atoms with Gasteiger partial charge in [-0.2, -0.15) is 0 Å². The van der Waals surface area contributed by atoms with Crippen LogP contribution >= 0.6 is 48.9 Å². The van der Waals surface area contributed by atoms with Crippen molar-refractivity contribution < 1.29 is 57.2 Å². The number of nitrogens with zero attached hydrogens (tertiary/aromatic N) is 9. The Kier molecular flexibility index (Phi) is 30.7. The molecule has 0 spiro atoms. The molecule has 2 aromatic heterocycles. The monoisotopic (exact) mass is 1990 g/mol. The Hall–Kier alpha value is -15.8. The zero-order chi connectivity index (χ0) is 102. The number of thiocarbonyl (C=S) groups is 4. The number of methoxy groups -OCH3 is 2. The van der Waals surface area contributed by atoms with Gasteiger partial charge in [0.15, 0.2) is 34.6 Å². The van der Waals surface area contributed by atoms with Gasteiger partial charge in [0.2, 0.25) is 0 Å². The van der Waals surface area contributed by atoms with E-state index in [0.29, 0.717) is 36.9 Å². The standard InChI is InChI=1S/C25H28N2O.C24H20N2O2S.C24H19NO.C19H16N2O2S.C14H15NO4S.C13H13NO2S/c1-24(2)18-11-7-9-13-20(18)26(5)22(24)15-17(28)16-23-25(3,4)19-12-8-10-14-21(19)27(23)6;1-2-25-23(27)22(28-24(25)29)17-18-13-15-21(16-14-18)26(19-9-5-3-6-10-19)20-11-7-4-8-12-20;1-2-25-22-10-6-5-9-20(22)21-14-16(11-12-23(21)25)13-18-15-17-7-3-4-8-19(17)24(18)26;1-3-21-15-7-5-4-6-13(15)14-10-12(8-9-16(14)21)11-17-18(22)20(2)19(24)23-17;1-4-15-13(16)12(19-14(15)20)7-9-5-6-10(17-2)8-11(9)18-3;1-3-14-12(15)11(16-13(14)17)8-10-6-4-9(2)5-7-10/h7-16H,1-6H3;3-17H,2H2,1H3;3-14H,2,15H2,1H3;4-11H,3H2,1-2H3;5-8H,4H2,1-3H3;4-8H,3H2,1-2H3/b22-15+,23-16+;22-17+;18-13-;17-11+;12-7+;11-8+. The maximum atomic E-state index is 13.1. The van der Waals surface area contributed by atoms with Gasteiger partial charge in [0.25, 0.3) is 44.3 Å². The van der Waals surface area contributed by atoms with E-state index in [-0.39, 0.29) is 84.0 Å². The molecule has 14 aromatic rings. The molecule has 6 aliphatic heterocycles. The number of allylic oxidation sites excluding steroid dienone is 5. The highest BCUT2D eigenvalue weighted by atomic mass is 32.1. The van der Waals surface area contributed by atoms with E-state index in [9.17, 15) is 28.8 Å². The molecular formula is C119H111N9O12S4. The third-order valence-electron chi connectivity index (χ3n) is 26.4. The lowest BCUT2D eigenvalue weighted by Crippen LogP contribution is -2.27. The first-order valence-electron chi connectivity index (χ1n) is 47.7. The summed E-state index contributed by atoms with van der Waals surface area (Å²) in [5.41, 5.74) is 23.2. The average Bonchev–Trinajstić information content (AvgIpc) is 1.60. The molecule has 0 unspecified atom stereocenters. The van der Waals surface area contributed by atoms with Gasteiger partial charge in [0.1, 0.15) is 11.5 Å². The Morgan fingerprint density at radius 3 is 1.20 bits per heavy atom. The number of fused-ring (bicyclic) bond motifs is 9. The highest BCUT2D eigenvalue weighted by Gasteiger charge is 2.42. The first-order valence-corrected chi connectivity index (χ1v) is 49.3. The van der Waals surface area contributed by atoms with Gasteiger partial charge in [0.05, 0.1) is 14.2 Å². The number of para-hydroxylation sites is 6. The van der Waals surface area contributed by atoms with Crippen LogP contribution < -0.4 is 24.2 Å². The van der Waals surface area contributed by atoms with Crippen LogP contribution in [-0.2, 0) is 73.3 Å². The van der Waals surface area contributed by atoms with Gasteiger partial charge in [-0.1, -0.05) is 215 Å². The van der Waals surface area contributed by atoms with Gasteiger partial charge < -0.3 is 52.3 Å². The predicted molar refractivity (Wildman–Crippen MR) is 593 cm³/mol. The Balaban J connectivity index is 0.000000125. The van der Waals surface area contributed by atoms with Crippen molar-refractivity contribution in [1.82, 2.24) is 28.7 Å². The number of hydrogen-bond acceptors (Lipinski definition) is 19. The summed E-state index contributed by atoms with van der Waals surface area (Å²) in [5.74, 6) is 1.65. The highest BCUT2D eigenvalue weighted by molar-refractivity contribution is 7.80. The van der Waals surface area contributed by atoms with Crippen LogP contribution in [0.15, 0.2) is 337 Å². The van der Waals surface area contributed by atoms with E-state index in [1.807, 2.05) is 175 Å². The number of ketones is 2. The maximum Gasteiger partial charge on any atom is 0.297 e. The number of carbonyl (C=O) groups is 6. The summed E-state index contributed by atoms with van der Waals surface area (Å²) in [5, 5.41) is 5.70. The van der Waals surface area contributed by atoms with Crippen LogP contribution in [0.5, 0.6) is 11.5 Å². The Morgan fingerprint density at radius 1 is 0.382 bits per heavy atom. The molecule has 144 heavy (non-hydrogen) atoms. The molecule has 0 radical (unpaired) electrons. The first kappa shape index (κ1) is 101. The van der Waals surface area contributed by atoms with Crippen LogP contribution in [0.3, 0.4) is 0 Å². The fraction of sp³-hybridized carbons (Fsp3) is 0.193. The van der Waals surface area contributed by atoms with Gasteiger partial charge in [-0.3, -0.25) is 48.4 Å². The summed E-state index contributed by atoms with van der Waals surface area (Å²) in [7, 11) is 8.83. The topological polar surface area (TPSA) is 190 Å². The zero-order valence-corrected chi connectivity index (χ0v) is 86.2. The number of benzene rings is 12. The first-order chi connectivity index (χ1) is 69.4. The van der Waals surface area contributed by atoms with Crippen molar-refractivity contribution in [3.05, 3.63) is 393 Å². The number of anilines is 5. The molecule has 4 saturated heterocycles. The predicted octanol–water partition coefficient (Wildman–Crippen LogP) is 25.1. The number of aryl methyl sites for hydroxylation is 3. The Labute approximate surface area is 860 Å². The number of Topliss-reactive ketones (excluding diaryl/α,β-unsaturated/α-hetero) is 1. The minimum atomic E-state index is -0.240. The molecule has 0 saturated carbocycles. The summed E-state index contributed by atoms with van der Waals surface area (Å²) >= 11 is 20.1. The Morgan fingerprint density at radius 2 is 0.771 bits per heavy atom. The fourth-order valence-electron chi connectivity index (χ4n) is 18.9. The lowest BCUT2D eigenvalue weighted by molar-refractivity contribution is -0.123. The van der Waals surface area contributed by atoms with Gasteiger partial charge in [-0.05, 0) is 257 Å². The molecule has 0 atom stereocenters. The van der Waals surface area contributed by atoms with Crippen LogP contribution in [-0.4, -0.2) is 140 Å². The Bertz CT molecular complexity index is 7560. The molecule has 0 bridgehead atoms. The number of rotatable bonds is 17. The van der Waals surface area contributed by atoms with Crippen LogP contribution in [0.4, 0.5) is 28.4 Å². The minimum absolute atomic E-state index is 0.0328. The number of hydrogen-bond donors (Lipinski definition) is 0. The van der Waals surface area contributed by atoms with E-state index in [1.54, 1.807) is 75.9 Å². The molecule has 7 aliphatic rings. The molecule has 728 valence electrons. The summed E-state index contributed by atoms with van der Waals surface area (Å²) in [6.45, 7) is 24.0. The van der Waals surface area contributed by atoms with Crippen LogP contribution in [0.1, 0.15) is 123 Å². The van der Waals surface area contributed by atoms with Crippen molar-refractivity contribution in [2.45, 2.75) is 99.6 Å². The van der Waals surface area contributed by atoms with Gasteiger partial charge in [-0.15, -0.1) is 0 Å². The number of carbonyl (C=O) groups excluding carboxylic acids is 6. The molecule has 4 amide bonds. The number of amides is 4. The van der Waals surface area contributed by atoms with Gasteiger partial charge in [0, 0.05) is 189 Å². The second-order valence-corrected chi connectivity index (χ2v) is 37.3. The van der Waals surface area contributed by atoms with Crippen molar-refractivity contribution in [1.29, 1.82) is 0 Å². The molecular weight excluding hydrogens is 1880 g/mol. The van der Waals surface area contributed by atoms with Crippen LogP contribution in [0.25, 0.3) is 74.0 Å². The van der Waals surface area contributed by atoms with Crippen molar-refractivity contribution in [3.63, 3.8) is 0 Å². The van der Waals surface area contributed by atoms with E-state index in [0.717, 1.165) is 92.5 Å². The summed E-state index contributed by atoms with van der Waals surface area (Å²) in [6, 6.07) is 95.8. The van der Waals surface area contributed by atoms with Crippen molar-refractivity contribution in [3.8, 4) is 11.5 Å². The average molecular weight is 1990 g/mol. The number of likely N-dealkylation sites (N-methyl/N-ethyl adjacent to an activating group) is 6. The molecule has 1 aliphatic carbocycles. The maximum absolute atomic E-state index is 13.1. The second kappa shape index (κ2) is 43.7. The minimum Gasteiger partial charge on any atom is -0.497 e. The summed E-state index contributed by atoms with van der Waals surface area (Å²) < 4.78 is 36.5. The van der Waals surface area contributed by atoms with E-state index < -0.39 is 0 Å². The third kappa shape index (κ3) is 20.8. The molecule has 8 heterocycles. The van der Waals surface area contributed by atoms with E-state index in [4.69, 9.17) is 77.3 Å². The quantitative estimate of drug-likeness (QED) is 0.0617.